The van der Waals surface area contributed by atoms with Crippen LogP contribution in [0.4, 0.5) is 0 Å². The van der Waals surface area contributed by atoms with Crippen LogP contribution in [0.15, 0.2) is 34.9 Å². The number of carbonyl (C=O) groups is 2. The van der Waals surface area contributed by atoms with E-state index in [0.717, 1.165) is 5.56 Å². The van der Waals surface area contributed by atoms with Crippen molar-refractivity contribution in [2.45, 2.75) is 46.1 Å². The molecule has 1 aromatic heterocycles. The number of oxazole rings is 1. The second kappa shape index (κ2) is 7.96. The first kappa shape index (κ1) is 18.7. The lowest BCUT2D eigenvalue weighted by Crippen LogP contribution is -2.45. The largest absolute Gasteiger partial charge is 0.441 e. The molecule has 2 amide bonds. The molecule has 134 valence electrons. The predicted molar refractivity (Wildman–Crippen MR) is 95.9 cm³/mol. The van der Waals surface area contributed by atoms with Crippen molar-refractivity contribution in [3.8, 4) is 11.3 Å². The van der Waals surface area contributed by atoms with Gasteiger partial charge in [0.2, 0.25) is 11.8 Å². The zero-order valence-electron chi connectivity index (χ0n) is 15.2. The van der Waals surface area contributed by atoms with Crippen LogP contribution in [0.3, 0.4) is 0 Å². The first-order chi connectivity index (χ1) is 11.7. The molecule has 0 unspecified atom stereocenters. The first-order valence-corrected chi connectivity index (χ1v) is 8.32. The van der Waals surface area contributed by atoms with Crippen molar-refractivity contribution >= 4 is 11.8 Å². The molecule has 0 spiro atoms. The maximum absolute atomic E-state index is 11.8. The van der Waals surface area contributed by atoms with Crippen LogP contribution in [-0.2, 0) is 16.0 Å². The molecule has 0 aliphatic rings. The van der Waals surface area contributed by atoms with E-state index in [-0.39, 0.29) is 30.3 Å². The van der Waals surface area contributed by atoms with Gasteiger partial charge in [0.05, 0.1) is 12.7 Å². The Balaban J connectivity index is 1.79. The van der Waals surface area contributed by atoms with Crippen LogP contribution >= 0.6 is 0 Å². The van der Waals surface area contributed by atoms with Crippen LogP contribution in [0, 0.1) is 6.92 Å². The van der Waals surface area contributed by atoms with Crippen molar-refractivity contribution in [1.29, 1.82) is 0 Å². The predicted octanol–water partition coefficient (Wildman–Crippen LogP) is 2.61. The third kappa shape index (κ3) is 6.41. The standard InChI is InChI=1S/C19H25N3O3/c1-13-5-7-14(8-6-13)15-11-21-18(25-15)10-9-16(23)20-12-17(24)22-19(2,3)4/h5-8,11H,9-10,12H2,1-4H3,(H,20,23)(H,22,24). The molecule has 6 heteroatoms. The highest BCUT2D eigenvalue weighted by Gasteiger charge is 2.14. The average Bonchev–Trinajstić information content (AvgIpc) is 2.99. The topological polar surface area (TPSA) is 84.2 Å². The fourth-order valence-electron chi connectivity index (χ4n) is 2.23. The number of aryl methyl sites for hydroxylation is 2. The summed E-state index contributed by atoms with van der Waals surface area (Å²) < 4.78 is 5.68. The summed E-state index contributed by atoms with van der Waals surface area (Å²) in [5.74, 6) is 0.766. The fraction of sp³-hybridized carbons (Fsp3) is 0.421. The summed E-state index contributed by atoms with van der Waals surface area (Å²) in [6, 6.07) is 7.96. The number of benzene rings is 1. The number of aromatic nitrogens is 1. The molecule has 1 aromatic carbocycles. The van der Waals surface area contributed by atoms with E-state index in [4.69, 9.17) is 4.42 Å². The van der Waals surface area contributed by atoms with E-state index in [9.17, 15) is 9.59 Å². The number of carbonyl (C=O) groups excluding carboxylic acids is 2. The number of rotatable bonds is 6. The SMILES string of the molecule is Cc1ccc(-c2cnc(CCC(=O)NCC(=O)NC(C)(C)C)o2)cc1. The molecular weight excluding hydrogens is 318 g/mol. The van der Waals surface area contributed by atoms with Gasteiger partial charge in [0, 0.05) is 23.9 Å². The first-order valence-electron chi connectivity index (χ1n) is 8.32. The van der Waals surface area contributed by atoms with Gasteiger partial charge in [-0.05, 0) is 27.7 Å². The lowest BCUT2D eigenvalue weighted by Gasteiger charge is -2.20. The fourth-order valence-corrected chi connectivity index (χ4v) is 2.23. The van der Waals surface area contributed by atoms with E-state index in [1.807, 2.05) is 52.0 Å². The molecule has 1 heterocycles. The Morgan fingerprint density at radius 1 is 1.12 bits per heavy atom. The van der Waals surface area contributed by atoms with Gasteiger partial charge in [-0.15, -0.1) is 0 Å². The van der Waals surface area contributed by atoms with Crippen LogP contribution in [-0.4, -0.2) is 28.9 Å². The van der Waals surface area contributed by atoms with E-state index in [2.05, 4.69) is 15.6 Å². The second-order valence-electron chi connectivity index (χ2n) is 7.06. The maximum Gasteiger partial charge on any atom is 0.239 e. The molecule has 0 saturated heterocycles. The van der Waals surface area contributed by atoms with Crippen LogP contribution in [0.5, 0.6) is 0 Å². The zero-order chi connectivity index (χ0) is 18.4. The van der Waals surface area contributed by atoms with E-state index in [1.165, 1.54) is 5.56 Å². The summed E-state index contributed by atoms with van der Waals surface area (Å²) >= 11 is 0. The number of amides is 2. The molecule has 0 fully saturated rings. The highest BCUT2D eigenvalue weighted by Crippen LogP contribution is 2.21. The zero-order valence-corrected chi connectivity index (χ0v) is 15.2. The molecule has 0 bridgehead atoms. The molecular formula is C19H25N3O3. The Kier molecular flexibility index (Phi) is 5.96. The second-order valence-corrected chi connectivity index (χ2v) is 7.06. The minimum absolute atomic E-state index is 0.0314. The van der Waals surface area contributed by atoms with Crippen molar-refractivity contribution in [3.63, 3.8) is 0 Å². The van der Waals surface area contributed by atoms with Crippen LogP contribution < -0.4 is 10.6 Å². The van der Waals surface area contributed by atoms with E-state index < -0.39 is 0 Å². The Morgan fingerprint density at radius 2 is 1.80 bits per heavy atom. The van der Waals surface area contributed by atoms with Crippen molar-refractivity contribution in [2.24, 2.45) is 0 Å². The van der Waals surface area contributed by atoms with Crippen molar-refractivity contribution in [2.75, 3.05) is 6.54 Å². The third-order valence-corrected chi connectivity index (χ3v) is 3.42. The molecule has 25 heavy (non-hydrogen) atoms. The van der Waals surface area contributed by atoms with Gasteiger partial charge in [-0.1, -0.05) is 29.8 Å². The Labute approximate surface area is 148 Å². The summed E-state index contributed by atoms with van der Waals surface area (Å²) in [6.07, 6.45) is 2.27. The summed E-state index contributed by atoms with van der Waals surface area (Å²) in [6.45, 7) is 7.66. The van der Waals surface area contributed by atoms with Gasteiger partial charge in [0.15, 0.2) is 11.7 Å². The van der Waals surface area contributed by atoms with Gasteiger partial charge in [-0.2, -0.15) is 0 Å². The Hall–Kier alpha value is -2.63. The summed E-state index contributed by atoms with van der Waals surface area (Å²) in [4.78, 5) is 27.7. The lowest BCUT2D eigenvalue weighted by atomic mass is 10.1. The highest BCUT2D eigenvalue weighted by molar-refractivity contribution is 5.85. The number of hydrogen-bond acceptors (Lipinski definition) is 4. The Bertz CT molecular complexity index is 727. The quantitative estimate of drug-likeness (QED) is 0.844. The minimum atomic E-state index is -0.313. The normalized spacial score (nSPS) is 11.2. The van der Waals surface area contributed by atoms with Gasteiger partial charge in [0.1, 0.15) is 0 Å². The number of nitrogens with zero attached hydrogens (tertiary/aromatic N) is 1. The van der Waals surface area contributed by atoms with Crippen molar-refractivity contribution in [1.82, 2.24) is 15.6 Å². The molecule has 2 aromatic rings. The van der Waals surface area contributed by atoms with Crippen LogP contribution in [0.2, 0.25) is 0 Å². The van der Waals surface area contributed by atoms with Crippen LogP contribution in [0.1, 0.15) is 38.6 Å². The maximum atomic E-state index is 11.8. The highest BCUT2D eigenvalue weighted by atomic mass is 16.4. The van der Waals surface area contributed by atoms with E-state index >= 15 is 0 Å². The van der Waals surface area contributed by atoms with Crippen LogP contribution in [0.25, 0.3) is 11.3 Å². The lowest BCUT2D eigenvalue weighted by molar-refractivity contribution is -0.126. The van der Waals surface area contributed by atoms with Gasteiger partial charge in [-0.3, -0.25) is 9.59 Å². The van der Waals surface area contributed by atoms with Crippen molar-refractivity contribution < 1.29 is 14.0 Å². The van der Waals surface area contributed by atoms with Gasteiger partial charge >= 0.3 is 0 Å². The van der Waals surface area contributed by atoms with Crippen molar-refractivity contribution in [3.05, 3.63) is 41.9 Å². The van der Waals surface area contributed by atoms with Gasteiger partial charge in [-0.25, -0.2) is 4.98 Å². The molecule has 0 atom stereocenters. The van der Waals surface area contributed by atoms with Gasteiger partial charge in [0.25, 0.3) is 0 Å². The average molecular weight is 343 g/mol. The number of nitrogens with one attached hydrogen (secondary N) is 2. The van der Waals surface area contributed by atoms with E-state index in [0.29, 0.717) is 18.1 Å². The van der Waals surface area contributed by atoms with E-state index in [1.54, 1.807) is 6.20 Å². The third-order valence-electron chi connectivity index (χ3n) is 3.42. The summed E-state index contributed by atoms with van der Waals surface area (Å²) in [7, 11) is 0. The molecule has 6 nitrogen and oxygen atoms in total. The smallest absolute Gasteiger partial charge is 0.239 e. The summed E-state index contributed by atoms with van der Waals surface area (Å²) in [5.41, 5.74) is 1.81. The molecule has 0 aliphatic heterocycles. The molecule has 0 aliphatic carbocycles. The molecule has 2 N–H and O–H groups in total. The summed E-state index contributed by atoms with van der Waals surface area (Å²) in [5, 5.41) is 5.39. The monoisotopic (exact) mass is 343 g/mol. The molecule has 2 rings (SSSR count). The Morgan fingerprint density at radius 3 is 2.44 bits per heavy atom. The molecule has 0 radical (unpaired) electrons. The molecule has 0 saturated carbocycles. The minimum Gasteiger partial charge on any atom is -0.441 e. The van der Waals surface area contributed by atoms with Gasteiger partial charge < -0.3 is 15.1 Å². The number of hydrogen-bond donors (Lipinski definition) is 2.